The first-order valence-corrected chi connectivity index (χ1v) is 6.76. The molecular weight excluding hydrogens is 200 g/mol. The van der Waals surface area contributed by atoms with Crippen LogP contribution in [-0.2, 0) is 9.84 Å². The minimum Gasteiger partial charge on any atom is -0.393 e. The molecule has 1 saturated heterocycles. The lowest BCUT2D eigenvalue weighted by atomic mass is 9.97. The van der Waals surface area contributed by atoms with Crippen molar-refractivity contribution in [3.05, 3.63) is 12.2 Å². The summed E-state index contributed by atoms with van der Waals surface area (Å²) in [5.41, 5.74) is 1.03. The van der Waals surface area contributed by atoms with Crippen LogP contribution in [0.2, 0.25) is 0 Å². The third kappa shape index (κ3) is 3.42. The summed E-state index contributed by atoms with van der Waals surface area (Å²) in [7, 11) is -2.86. The fourth-order valence-corrected chi connectivity index (χ4v) is 3.63. The van der Waals surface area contributed by atoms with Crippen molar-refractivity contribution in [3.8, 4) is 0 Å². The molecule has 0 aromatic carbocycles. The highest BCUT2D eigenvalue weighted by atomic mass is 32.2. The van der Waals surface area contributed by atoms with Crippen LogP contribution >= 0.6 is 0 Å². The van der Waals surface area contributed by atoms with Crippen molar-refractivity contribution >= 4 is 9.84 Å². The summed E-state index contributed by atoms with van der Waals surface area (Å²) in [6.45, 7) is 5.67. The second-order valence-electron chi connectivity index (χ2n) is 4.23. The molecule has 0 aliphatic carbocycles. The molecule has 2 unspecified atom stereocenters. The fourth-order valence-electron chi connectivity index (χ4n) is 1.76. The van der Waals surface area contributed by atoms with Gasteiger partial charge in [0.1, 0.15) is 0 Å². The van der Waals surface area contributed by atoms with Crippen molar-refractivity contribution in [1.82, 2.24) is 0 Å². The Bertz CT molecular complexity index is 305. The molecular formula is C10H18O3S. The Morgan fingerprint density at radius 1 is 1.64 bits per heavy atom. The summed E-state index contributed by atoms with van der Waals surface area (Å²) in [4.78, 5) is 0. The smallest absolute Gasteiger partial charge is 0.150 e. The number of rotatable bonds is 4. The molecule has 82 valence electrons. The summed E-state index contributed by atoms with van der Waals surface area (Å²) in [5.74, 6) is 0.339. The van der Waals surface area contributed by atoms with E-state index in [1.807, 2.05) is 6.92 Å². The lowest BCUT2D eigenvalue weighted by molar-refractivity contribution is 0.111. The molecule has 1 rings (SSSR count). The Morgan fingerprint density at radius 2 is 2.29 bits per heavy atom. The topological polar surface area (TPSA) is 54.4 Å². The molecule has 1 heterocycles. The van der Waals surface area contributed by atoms with Crippen LogP contribution in [0.25, 0.3) is 0 Å². The Balaban J connectivity index is 2.39. The molecule has 0 aromatic rings. The quantitative estimate of drug-likeness (QED) is 0.720. The third-order valence-electron chi connectivity index (χ3n) is 2.68. The van der Waals surface area contributed by atoms with Crippen molar-refractivity contribution in [3.63, 3.8) is 0 Å². The van der Waals surface area contributed by atoms with Gasteiger partial charge in [-0.1, -0.05) is 5.57 Å². The van der Waals surface area contributed by atoms with Crippen molar-refractivity contribution < 1.29 is 13.5 Å². The van der Waals surface area contributed by atoms with Gasteiger partial charge in [-0.15, -0.1) is 6.58 Å². The maximum atomic E-state index is 11.2. The third-order valence-corrected chi connectivity index (χ3v) is 4.47. The number of hydrogen-bond acceptors (Lipinski definition) is 3. The SMILES string of the molecule is C=C(C)CCC(O)C1CCS(=O)(=O)C1. The average molecular weight is 218 g/mol. The first-order valence-electron chi connectivity index (χ1n) is 4.93. The van der Waals surface area contributed by atoms with E-state index in [1.54, 1.807) is 0 Å². The van der Waals surface area contributed by atoms with Crippen LogP contribution in [0.4, 0.5) is 0 Å². The summed E-state index contributed by atoms with van der Waals surface area (Å²) in [6, 6.07) is 0. The second-order valence-corrected chi connectivity index (χ2v) is 6.45. The van der Waals surface area contributed by atoms with Crippen molar-refractivity contribution in [1.29, 1.82) is 0 Å². The van der Waals surface area contributed by atoms with E-state index in [0.29, 0.717) is 12.8 Å². The molecule has 0 bridgehead atoms. The molecule has 3 nitrogen and oxygen atoms in total. The van der Waals surface area contributed by atoms with E-state index < -0.39 is 15.9 Å². The zero-order chi connectivity index (χ0) is 10.8. The largest absolute Gasteiger partial charge is 0.393 e. The van der Waals surface area contributed by atoms with Crippen molar-refractivity contribution in [2.45, 2.75) is 32.3 Å². The predicted octanol–water partition coefficient (Wildman–Crippen LogP) is 1.14. The predicted molar refractivity (Wildman–Crippen MR) is 56.8 cm³/mol. The molecule has 1 aliphatic rings. The van der Waals surface area contributed by atoms with E-state index in [9.17, 15) is 13.5 Å². The molecule has 1 aliphatic heterocycles. The van der Waals surface area contributed by atoms with Gasteiger partial charge in [0.15, 0.2) is 9.84 Å². The van der Waals surface area contributed by atoms with E-state index >= 15 is 0 Å². The minimum absolute atomic E-state index is 0.0562. The number of aliphatic hydroxyl groups is 1. The van der Waals surface area contributed by atoms with Gasteiger partial charge in [0, 0.05) is 0 Å². The second kappa shape index (κ2) is 4.45. The Hall–Kier alpha value is -0.350. The van der Waals surface area contributed by atoms with Gasteiger partial charge in [-0.05, 0) is 32.1 Å². The highest BCUT2D eigenvalue weighted by molar-refractivity contribution is 7.91. The van der Waals surface area contributed by atoms with Gasteiger partial charge >= 0.3 is 0 Å². The molecule has 4 heteroatoms. The standard InChI is InChI=1S/C10H18O3S/c1-8(2)3-4-10(11)9-5-6-14(12,13)7-9/h9-11H,1,3-7H2,2H3. The van der Waals surface area contributed by atoms with Crippen LogP contribution in [0.15, 0.2) is 12.2 Å². The average Bonchev–Trinajstić information content (AvgIpc) is 2.41. The zero-order valence-corrected chi connectivity index (χ0v) is 9.39. The molecule has 0 radical (unpaired) electrons. The van der Waals surface area contributed by atoms with Gasteiger partial charge in [0.25, 0.3) is 0 Å². The molecule has 1 fully saturated rings. The summed E-state index contributed by atoms with van der Waals surface area (Å²) >= 11 is 0. The van der Waals surface area contributed by atoms with Crippen LogP contribution in [0.5, 0.6) is 0 Å². The molecule has 1 N–H and O–H groups in total. The van der Waals surface area contributed by atoms with Crippen LogP contribution < -0.4 is 0 Å². The number of aliphatic hydroxyl groups excluding tert-OH is 1. The minimum atomic E-state index is -2.86. The number of sulfone groups is 1. The van der Waals surface area contributed by atoms with E-state index in [1.165, 1.54) is 0 Å². The Labute approximate surface area is 85.7 Å². The lowest BCUT2D eigenvalue weighted by Crippen LogP contribution is -2.21. The van der Waals surface area contributed by atoms with Gasteiger partial charge in [-0.25, -0.2) is 8.42 Å². The van der Waals surface area contributed by atoms with Gasteiger partial charge in [0.2, 0.25) is 0 Å². The molecule has 0 aromatic heterocycles. The molecule has 0 spiro atoms. The first kappa shape index (κ1) is 11.7. The summed E-state index contributed by atoms with van der Waals surface area (Å²) in [6.07, 6.45) is 1.54. The van der Waals surface area contributed by atoms with Crippen LogP contribution in [0.1, 0.15) is 26.2 Å². The highest BCUT2D eigenvalue weighted by Crippen LogP contribution is 2.24. The lowest BCUT2D eigenvalue weighted by Gasteiger charge is -2.16. The summed E-state index contributed by atoms with van der Waals surface area (Å²) in [5, 5.41) is 9.72. The zero-order valence-electron chi connectivity index (χ0n) is 8.57. The van der Waals surface area contributed by atoms with Crippen LogP contribution in [0.3, 0.4) is 0 Å². The van der Waals surface area contributed by atoms with Crippen molar-refractivity contribution in [2.75, 3.05) is 11.5 Å². The van der Waals surface area contributed by atoms with Crippen molar-refractivity contribution in [2.24, 2.45) is 5.92 Å². The molecule has 2 atom stereocenters. The van der Waals surface area contributed by atoms with E-state index in [2.05, 4.69) is 6.58 Å². The Kier molecular flexibility index (Phi) is 3.72. The van der Waals surface area contributed by atoms with E-state index in [4.69, 9.17) is 0 Å². The van der Waals surface area contributed by atoms with Gasteiger partial charge in [-0.3, -0.25) is 0 Å². The molecule has 0 amide bonds. The maximum absolute atomic E-state index is 11.2. The Morgan fingerprint density at radius 3 is 2.71 bits per heavy atom. The van der Waals surface area contributed by atoms with E-state index in [0.717, 1.165) is 12.0 Å². The van der Waals surface area contributed by atoms with E-state index in [-0.39, 0.29) is 17.4 Å². The summed E-state index contributed by atoms with van der Waals surface area (Å²) < 4.78 is 22.3. The number of hydrogen-bond donors (Lipinski definition) is 1. The first-order chi connectivity index (χ1) is 6.41. The van der Waals surface area contributed by atoms with Gasteiger partial charge in [-0.2, -0.15) is 0 Å². The maximum Gasteiger partial charge on any atom is 0.150 e. The van der Waals surface area contributed by atoms with Crippen LogP contribution in [0, 0.1) is 5.92 Å². The van der Waals surface area contributed by atoms with Crippen LogP contribution in [-0.4, -0.2) is 31.1 Å². The highest BCUT2D eigenvalue weighted by Gasteiger charge is 2.32. The fraction of sp³-hybridized carbons (Fsp3) is 0.800. The van der Waals surface area contributed by atoms with Gasteiger partial charge < -0.3 is 5.11 Å². The number of allylic oxidation sites excluding steroid dienone is 1. The molecule has 0 saturated carbocycles. The molecule has 14 heavy (non-hydrogen) atoms. The van der Waals surface area contributed by atoms with Gasteiger partial charge in [0.05, 0.1) is 17.6 Å². The normalized spacial score (nSPS) is 27.4. The monoisotopic (exact) mass is 218 g/mol.